The second-order valence-electron chi connectivity index (χ2n) is 8.19. The van der Waals surface area contributed by atoms with Gasteiger partial charge in [0.1, 0.15) is 5.84 Å². The van der Waals surface area contributed by atoms with Crippen LogP contribution < -0.4 is 9.47 Å². The largest absolute Gasteiger partial charge is 0.493 e. The Morgan fingerprint density at radius 2 is 1.61 bits per heavy atom. The smallest absolute Gasteiger partial charge is 0.325 e. The number of benzene rings is 2. The zero-order valence-corrected chi connectivity index (χ0v) is 19.8. The molecule has 2 aliphatic rings. The predicted molar refractivity (Wildman–Crippen MR) is 125 cm³/mol. The summed E-state index contributed by atoms with van der Waals surface area (Å²) in [7, 11) is 5.11. The normalized spacial score (nSPS) is 19.0. The maximum Gasteiger partial charge on any atom is 0.325 e. The number of aliphatic imine (C=N–C) groups is 1. The molecule has 0 N–H and O–H groups in total. The fourth-order valence-electron chi connectivity index (χ4n) is 4.69. The average molecular weight is 444 g/mol. The minimum absolute atomic E-state index is 0. The van der Waals surface area contributed by atoms with Crippen LogP contribution in [-0.4, -0.2) is 49.5 Å². The number of urea groups is 1. The number of halogens is 1. The van der Waals surface area contributed by atoms with Gasteiger partial charge in [0.25, 0.3) is 0 Å². The van der Waals surface area contributed by atoms with Crippen LogP contribution in [0.1, 0.15) is 40.3 Å². The lowest BCUT2D eigenvalue weighted by Gasteiger charge is -2.44. The molecule has 2 amide bonds. The van der Waals surface area contributed by atoms with Crippen molar-refractivity contribution in [1.29, 1.82) is 0 Å². The summed E-state index contributed by atoms with van der Waals surface area (Å²) in [5.41, 5.74) is 6.73. The molecule has 2 aliphatic heterocycles. The number of fused-ring (bicyclic) bond motifs is 3. The van der Waals surface area contributed by atoms with Gasteiger partial charge in [0.05, 0.1) is 25.9 Å². The Kier molecular flexibility index (Phi) is 6.51. The summed E-state index contributed by atoms with van der Waals surface area (Å²) in [5.74, 6) is 2.20. The zero-order chi connectivity index (χ0) is 21.6. The highest BCUT2D eigenvalue weighted by atomic mass is 35.5. The van der Waals surface area contributed by atoms with Crippen molar-refractivity contribution in [3.8, 4) is 11.5 Å². The quantitative estimate of drug-likeness (QED) is 0.660. The molecule has 2 aromatic rings. The monoisotopic (exact) mass is 443 g/mol. The van der Waals surface area contributed by atoms with E-state index in [1.54, 1.807) is 19.1 Å². The summed E-state index contributed by atoms with van der Waals surface area (Å²) < 4.78 is 11.0. The van der Waals surface area contributed by atoms with Crippen LogP contribution in [0.4, 0.5) is 10.5 Å². The molecular weight excluding hydrogens is 414 g/mol. The lowest BCUT2D eigenvalue weighted by atomic mass is 9.88. The van der Waals surface area contributed by atoms with Crippen LogP contribution in [0, 0.1) is 20.8 Å². The molecule has 1 atom stereocenters. The fraction of sp³-hybridized carbons (Fsp3) is 0.417. The molecule has 2 heterocycles. The summed E-state index contributed by atoms with van der Waals surface area (Å²) in [6, 6.07) is 8.27. The highest BCUT2D eigenvalue weighted by Gasteiger charge is 2.40. The molecule has 7 heteroatoms. The third kappa shape index (κ3) is 3.97. The molecular formula is C24H30ClN3O3. The number of methoxy groups -OCH3 is 2. The van der Waals surface area contributed by atoms with E-state index in [1.165, 1.54) is 11.1 Å². The third-order valence-electron chi connectivity index (χ3n) is 6.17. The highest BCUT2D eigenvalue weighted by molar-refractivity contribution is 6.01. The molecule has 31 heavy (non-hydrogen) atoms. The lowest BCUT2D eigenvalue weighted by Crippen LogP contribution is -2.53. The van der Waals surface area contributed by atoms with Gasteiger partial charge in [0.15, 0.2) is 11.5 Å². The Hall–Kier alpha value is -2.73. The summed E-state index contributed by atoms with van der Waals surface area (Å²) >= 11 is 0. The van der Waals surface area contributed by atoms with E-state index in [0.717, 1.165) is 40.4 Å². The Labute approximate surface area is 190 Å². The van der Waals surface area contributed by atoms with Crippen molar-refractivity contribution >= 4 is 30.0 Å². The van der Waals surface area contributed by atoms with E-state index in [2.05, 4.69) is 32.9 Å². The van der Waals surface area contributed by atoms with E-state index in [-0.39, 0.29) is 24.5 Å². The Bertz CT molecular complexity index is 1030. The van der Waals surface area contributed by atoms with Crippen molar-refractivity contribution < 1.29 is 14.3 Å². The highest BCUT2D eigenvalue weighted by Crippen LogP contribution is 2.42. The van der Waals surface area contributed by atoms with E-state index in [4.69, 9.17) is 14.5 Å². The number of amides is 2. The molecule has 0 aliphatic carbocycles. The van der Waals surface area contributed by atoms with Crippen molar-refractivity contribution in [1.82, 2.24) is 9.80 Å². The van der Waals surface area contributed by atoms with Crippen molar-refractivity contribution in [2.24, 2.45) is 4.99 Å². The first kappa shape index (κ1) is 22.9. The number of amidine groups is 1. The van der Waals surface area contributed by atoms with E-state index < -0.39 is 0 Å². The first-order valence-electron chi connectivity index (χ1n) is 10.3. The van der Waals surface area contributed by atoms with Gasteiger partial charge in [-0.3, -0.25) is 4.90 Å². The number of nitrogens with zero attached hydrogens (tertiary/aromatic N) is 3. The predicted octanol–water partition coefficient (Wildman–Crippen LogP) is 5.14. The van der Waals surface area contributed by atoms with Gasteiger partial charge in [0.2, 0.25) is 0 Å². The average Bonchev–Trinajstić information content (AvgIpc) is 2.72. The van der Waals surface area contributed by atoms with Crippen LogP contribution in [0.5, 0.6) is 11.5 Å². The standard InChI is InChI=1S/C24H29N3O3.ClH/c1-14-9-15(2)23(16(3)10-14)25-22-13-19-18-12-21(30-6)20(29-5)11-17(18)7-8-27(19)24(28)26(22)4;/h9-12,19H,7-8,13H2,1-6H3;1H. The molecule has 4 rings (SSSR count). The van der Waals surface area contributed by atoms with Gasteiger partial charge in [-0.15, -0.1) is 12.4 Å². The molecule has 166 valence electrons. The fourth-order valence-corrected chi connectivity index (χ4v) is 4.69. The molecule has 0 bridgehead atoms. The van der Waals surface area contributed by atoms with Crippen molar-refractivity contribution in [3.05, 3.63) is 52.1 Å². The molecule has 1 saturated heterocycles. The SMILES string of the molecule is COc1cc2c(cc1OC)C1CC(=Nc3c(C)cc(C)cc3C)N(C)C(=O)N1CC2.Cl. The number of ether oxygens (including phenoxy) is 2. The number of hydrogen-bond acceptors (Lipinski definition) is 4. The van der Waals surface area contributed by atoms with Crippen molar-refractivity contribution in [3.63, 3.8) is 0 Å². The van der Waals surface area contributed by atoms with Crippen LogP contribution in [0.25, 0.3) is 0 Å². The Balaban J connectivity index is 0.00000272. The second-order valence-corrected chi connectivity index (χ2v) is 8.19. The van der Waals surface area contributed by atoms with Gasteiger partial charge >= 0.3 is 6.03 Å². The molecule has 0 radical (unpaired) electrons. The first-order valence-corrected chi connectivity index (χ1v) is 10.3. The molecule has 1 unspecified atom stereocenters. The van der Waals surface area contributed by atoms with Crippen molar-refractivity contribution in [2.75, 3.05) is 27.8 Å². The summed E-state index contributed by atoms with van der Waals surface area (Å²) in [5, 5.41) is 0. The van der Waals surface area contributed by atoms with Crippen LogP contribution >= 0.6 is 12.4 Å². The minimum Gasteiger partial charge on any atom is -0.493 e. The van der Waals surface area contributed by atoms with E-state index in [1.807, 2.05) is 24.1 Å². The maximum atomic E-state index is 13.2. The molecule has 1 fully saturated rings. The second kappa shape index (κ2) is 8.79. The zero-order valence-electron chi connectivity index (χ0n) is 19.0. The molecule has 0 aromatic heterocycles. The number of rotatable bonds is 3. The summed E-state index contributed by atoms with van der Waals surface area (Å²) in [6.07, 6.45) is 1.46. The van der Waals surface area contributed by atoms with Crippen LogP contribution in [0.2, 0.25) is 0 Å². The Morgan fingerprint density at radius 3 is 2.23 bits per heavy atom. The van der Waals surface area contributed by atoms with Gasteiger partial charge in [-0.1, -0.05) is 17.7 Å². The first-order chi connectivity index (χ1) is 14.3. The van der Waals surface area contributed by atoms with E-state index in [0.29, 0.717) is 18.7 Å². The van der Waals surface area contributed by atoms with Gasteiger partial charge in [-0.2, -0.15) is 0 Å². The van der Waals surface area contributed by atoms with Crippen LogP contribution in [0.15, 0.2) is 29.3 Å². The number of hydrogen-bond donors (Lipinski definition) is 0. The number of aryl methyl sites for hydroxylation is 3. The topological polar surface area (TPSA) is 54.4 Å². The third-order valence-corrected chi connectivity index (χ3v) is 6.17. The van der Waals surface area contributed by atoms with E-state index in [9.17, 15) is 4.79 Å². The number of carbonyl (C=O) groups is 1. The molecule has 6 nitrogen and oxygen atoms in total. The molecule has 0 spiro atoms. The number of carbonyl (C=O) groups excluding carboxylic acids is 1. The maximum absolute atomic E-state index is 13.2. The van der Waals surface area contributed by atoms with Crippen LogP contribution in [0.3, 0.4) is 0 Å². The van der Waals surface area contributed by atoms with Crippen LogP contribution in [-0.2, 0) is 6.42 Å². The lowest BCUT2D eigenvalue weighted by molar-refractivity contribution is 0.141. The van der Waals surface area contributed by atoms with Gasteiger partial charge < -0.3 is 14.4 Å². The van der Waals surface area contributed by atoms with E-state index >= 15 is 0 Å². The summed E-state index contributed by atoms with van der Waals surface area (Å²) in [4.78, 5) is 21.8. The van der Waals surface area contributed by atoms with Gasteiger partial charge in [0, 0.05) is 20.0 Å². The van der Waals surface area contributed by atoms with Gasteiger partial charge in [-0.25, -0.2) is 9.79 Å². The van der Waals surface area contributed by atoms with Gasteiger partial charge in [-0.05, 0) is 61.6 Å². The Morgan fingerprint density at radius 1 is 1.00 bits per heavy atom. The van der Waals surface area contributed by atoms with Crippen molar-refractivity contribution in [2.45, 2.75) is 39.7 Å². The molecule has 2 aromatic carbocycles. The minimum atomic E-state index is -0.0536. The summed E-state index contributed by atoms with van der Waals surface area (Å²) in [6.45, 7) is 6.92. The molecule has 0 saturated carbocycles.